The maximum Gasteiger partial charge on any atom is 0.255 e. The van der Waals surface area contributed by atoms with Crippen LogP contribution in [-0.4, -0.2) is 33.7 Å². The van der Waals surface area contributed by atoms with Gasteiger partial charge in [-0.3, -0.25) is 9.78 Å². The van der Waals surface area contributed by atoms with Crippen molar-refractivity contribution in [3.8, 4) is 0 Å². The maximum absolute atomic E-state index is 12.6. The summed E-state index contributed by atoms with van der Waals surface area (Å²) in [6.45, 7) is 6.91. The van der Waals surface area contributed by atoms with Crippen LogP contribution in [0.3, 0.4) is 0 Å². The van der Waals surface area contributed by atoms with Crippen molar-refractivity contribution in [1.29, 1.82) is 0 Å². The van der Waals surface area contributed by atoms with Crippen LogP contribution in [0, 0.1) is 19.8 Å². The van der Waals surface area contributed by atoms with Crippen LogP contribution in [0.4, 0.5) is 0 Å². The first kappa shape index (κ1) is 13.5. The molecule has 2 heterocycles. The minimum Gasteiger partial charge on any atom is -0.334 e. The summed E-state index contributed by atoms with van der Waals surface area (Å²) in [4.78, 5) is 18.9. The molecule has 1 aromatic heterocycles. The predicted octanol–water partition coefficient (Wildman–Crippen LogP) is 2.94. The molecule has 2 unspecified atom stereocenters. The van der Waals surface area contributed by atoms with Gasteiger partial charge in [-0.15, -0.1) is 0 Å². The Balaban J connectivity index is 2.26. The predicted molar refractivity (Wildman–Crippen MR) is 76.1 cm³/mol. The lowest BCUT2D eigenvalue weighted by molar-refractivity contribution is 0.0737. The quantitative estimate of drug-likeness (QED) is 0.787. The van der Waals surface area contributed by atoms with Gasteiger partial charge in [-0.25, -0.2) is 0 Å². The Morgan fingerprint density at radius 2 is 2.22 bits per heavy atom. The summed E-state index contributed by atoms with van der Waals surface area (Å²) in [6, 6.07) is 4.11. The number of halogens is 1. The normalized spacial score (nSPS) is 23.4. The van der Waals surface area contributed by atoms with Crippen molar-refractivity contribution in [2.75, 3.05) is 11.9 Å². The number of amides is 1. The van der Waals surface area contributed by atoms with Crippen molar-refractivity contribution >= 4 is 21.8 Å². The lowest BCUT2D eigenvalue weighted by Crippen LogP contribution is -2.39. The lowest BCUT2D eigenvalue weighted by atomic mass is 10.0. The third kappa shape index (κ3) is 2.44. The molecule has 0 bridgehead atoms. The lowest BCUT2D eigenvalue weighted by Gasteiger charge is -2.25. The molecule has 98 valence electrons. The average molecular weight is 311 g/mol. The van der Waals surface area contributed by atoms with Crippen LogP contribution in [0.1, 0.15) is 35.1 Å². The number of hydrogen-bond donors (Lipinski definition) is 0. The molecule has 1 amide bonds. The van der Waals surface area contributed by atoms with E-state index in [1.807, 2.05) is 30.9 Å². The topological polar surface area (TPSA) is 33.2 Å². The molecule has 1 fully saturated rings. The molecule has 1 aliphatic heterocycles. The largest absolute Gasteiger partial charge is 0.334 e. The van der Waals surface area contributed by atoms with Gasteiger partial charge in [-0.05, 0) is 38.3 Å². The summed E-state index contributed by atoms with van der Waals surface area (Å²) in [6.07, 6.45) is 1.08. The number of pyridine rings is 1. The average Bonchev–Trinajstić information content (AvgIpc) is 2.69. The van der Waals surface area contributed by atoms with Gasteiger partial charge in [0, 0.05) is 23.6 Å². The molecular weight excluding hydrogens is 292 g/mol. The fourth-order valence-corrected chi connectivity index (χ4v) is 3.55. The first-order valence-corrected chi connectivity index (χ1v) is 7.48. The summed E-state index contributed by atoms with van der Waals surface area (Å²) < 4.78 is 0. The third-order valence-electron chi connectivity index (χ3n) is 3.76. The highest BCUT2D eigenvalue weighted by Gasteiger charge is 2.34. The van der Waals surface area contributed by atoms with E-state index in [0.717, 1.165) is 35.2 Å². The highest BCUT2D eigenvalue weighted by Crippen LogP contribution is 2.27. The van der Waals surface area contributed by atoms with E-state index in [1.165, 1.54) is 0 Å². The van der Waals surface area contributed by atoms with Gasteiger partial charge in [0.25, 0.3) is 5.91 Å². The first-order valence-electron chi connectivity index (χ1n) is 6.35. The molecule has 0 aliphatic carbocycles. The van der Waals surface area contributed by atoms with Crippen LogP contribution in [0.15, 0.2) is 12.1 Å². The monoisotopic (exact) mass is 310 g/mol. The fraction of sp³-hybridized carbons (Fsp3) is 0.571. The molecule has 1 saturated heterocycles. The SMILES string of the molecule is Cc1ccc(C(=O)N2CCC(C)C2CBr)c(C)n1. The number of aryl methyl sites for hydroxylation is 2. The van der Waals surface area contributed by atoms with Gasteiger partial charge in [0.15, 0.2) is 0 Å². The minimum atomic E-state index is 0.119. The van der Waals surface area contributed by atoms with Crippen LogP contribution in [0.25, 0.3) is 0 Å². The summed E-state index contributed by atoms with van der Waals surface area (Å²) in [5.41, 5.74) is 2.52. The summed E-state index contributed by atoms with van der Waals surface area (Å²) in [7, 11) is 0. The van der Waals surface area contributed by atoms with Crippen LogP contribution >= 0.6 is 15.9 Å². The van der Waals surface area contributed by atoms with Crippen molar-refractivity contribution < 1.29 is 4.79 Å². The molecule has 0 radical (unpaired) electrons. The van der Waals surface area contributed by atoms with Crippen LogP contribution < -0.4 is 0 Å². The Kier molecular flexibility index (Phi) is 4.05. The maximum atomic E-state index is 12.6. The van der Waals surface area contributed by atoms with Crippen molar-refractivity contribution in [1.82, 2.24) is 9.88 Å². The van der Waals surface area contributed by atoms with Crippen molar-refractivity contribution in [2.45, 2.75) is 33.2 Å². The zero-order valence-electron chi connectivity index (χ0n) is 11.1. The van der Waals surface area contributed by atoms with Crippen molar-refractivity contribution in [3.63, 3.8) is 0 Å². The van der Waals surface area contributed by atoms with E-state index in [-0.39, 0.29) is 5.91 Å². The van der Waals surface area contributed by atoms with Gasteiger partial charge >= 0.3 is 0 Å². The van der Waals surface area contributed by atoms with Gasteiger partial charge in [-0.1, -0.05) is 22.9 Å². The second kappa shape index (κ2) is 5.39. The summed E-state index contributed by atoms with van der Waals surface area (Å²) in [5, 5.41) is 0.845. The van der Waals surface area contributed by atoms with E-state index in [2.05, 4.69) is 27.8 Å². The Bertz CT molecular complexity index is 461. The number of carbonyl (C=O) groups is 1. The van der Waals surface area contributed by atoms with E-state index in [1.54, 1.807) is 0 Å². The molecule has 18 heavy (non-hydrogen) atoms. The summed E-state index contributed by atoms with van der Waals surface area (Å²) >= 11 is 3.52. The second-order valence-electron chi connectivity index (χ2n) is 5.07. The molecule has 1 aromatic rings. The molecule has 0 saturated carbocycles. The zero-order chi connectivity index (χ0) is 13.3. The molecular formula is C14H19BrN2O. The highest BCUT2D eigenvalue weighted by molar-refractivity contribution is 9.09. The number of nitrogens with zero attached hydrogens (tertiary/aromatic N) is 2. The van der Waals surface area contributed by atoms with E-state index in [9.17, 15) is 4.79 Å². The molecule has 0 N–H and O–H groups in total. The van der Waals surface area contributed by atoms with Gasteiger partial charge in [0.2, 0.25) is 0 Å². The van der Waals surface area contributed by atoms with Gasteiger partial charge in [-0.2, -0.15) is 0 Å². The Hall–Kier alpha value is -0.900. The highest BCUT2D eigenvalue weighted by atomic mass is 79.9. The number of hydrogen-bond acceptors (Lipinski definition) is 2. The second-order valence-corrected chi connectivity index (χ2v) is 5.72. The molecule has 0 aromatic carbocycles. The summed E-state index contributed by atoms with van der Waals surface area (Å²) in [5.74, 6) is 0.681. The number of likely N-dealkylation sites (tertiary alicyclic amines) is 1. The first-order chi connectivity index (χ1) is 8.54. The minimum absolute atomic E-state index is 0.119. The molecule has 1 aliphatic rings. The van der Waals surface area contributed by atoms with E-state index in [0.29, 0.717) is 12.0 Å². The smallest absolute Gasteiger partial charge is 0.255 e. The number of rotatable bonds is 2. The van der Waals surface area contributed by atoms with Crippen molar-refractivity contribution in [2.24, 2.45) is 5.92 Å². The zero-order valence-corrected chi connectivity index (χ0v) is 12.7. The van der Waals surface area contributed by atoms with Gasteiger partial charge in [0.05, 0.1) is 11.3 Å². The molecule has 0 spiro atoms. The van der Waals surface area contributed by atoms with E-state index >= 15 is 0 Å². The van der Waals surface area contributed by atoms with Crippen LogP contribution in [-0.2, 0) is 0 Å². The Morgan fingerprint density at radius 1 is 1.50 bits per heavy atom. The van der Waals surface area contributed by atoms with Crippen LogP contribution in [0.2, 0.25) is 0 Å². The van der Waals surface area contributed by atoms with Crippen molar-refractivity contribution in [3.05, 3.63) is 29.1 Å². The molecule has 4 heteroatoms. The number of alkyl halides is 1. The van der Waals surface area contributed by atoms with Crippen LogP contribution in [0.5, 0.6) is 0 Å². The van der Waals surface area contributed by atoms with Gasteiger partial charge < -0.3 is 4.90 Å². The fourth-order valence-electron chi connectivity index (χ4n) is 2.56. The molecule has 2 atom stereocenters. The molecule has 3 nitrogen and oxygen atoms in total. The van der Waals surface area contributed by atoms with E-state index < -0.39 is 0 Å². The standard InChI is InChI=1S/C14H19BrN2O/c1-9-6-7-17(13(9)8-15)14(18)12-5-4-10(2)16-11(12)3/h4-5,9,13H,6-8H2,1-3H3. The number of carbonyl (C=O) groups excluding carboxylic acids is 1. The third-order valence-corrected chi connectivity index (χ3v) is 4.42. The Labute approximate surface area is 117 Å². The number of aromatic nitrogens is 1. The molecule has 2 rings (SSSR count). The van der Waals surface area contributed by atoms with Gasteiger partial charge in [0.1, 0.15) is 0 Å². The Morgan fingerprint density at radius 3 is 2.83 bits per heavy atom. The van der Waals surface area contributed by atoms with E-state index in [4.69, 9.17) is 0 Å².